The van der Waals surface area contributed by atoms with E-state index in [1.807, 2.05) is 24.5 Å². The van der Waals surface area contributed by atoms with Crippen LogP contribution in [0.2, 0.25) is 0 Å². The molecule has 0 saturated heterocycles. The molecular weight excluding hydrogens is 446 g/mol. The second-order valence-electron chi connectivity index (χ2n) is 9.06. The van der Waals surface area contributed by atoms with Gasteiger partial charge in [-0.1, -0.05) is 0 Å². The number of nitrogens with one attached hydrogen (secondary N) is 1. The van der Waals surface area contributed by atoms with Crippen LogP contribution in [0.1, 0.15) is 58.2 Å². The van der Waals surface area contributed by atoms with E-state index in [0.717, 1.165) is 22.9 Å². The van der Waals surface area contributed by atoms with Gasteiger partial charge in [-0.15, -0.1) is 0 Å². The summed E-state index contributed by atoms with van der Waals surface area (Å²) in [5.74, 6) is 1.79. The second kappa shape index (κ2) is 6.37. The van der Waals surface area contributed by atoms with Gasteiger partial charge in [-0.3, -0.25) is 0 Å². The Labute approximate surface area is 171 Å². The van der Waals surface area contributed by atoms with E-state index < -0.39 is 21.4 Å². The van der Waals surface area contributed by atoms with Crippen LogP contribution in [0.5, 0.6) is 11.5 Å². The Bertz CT molecular complexity index is 979. The van der Waals surface area contributed by atoms with Crippen molar-refractivity contribution in [2.24, 2.45) is 3.25 Å². The van der Waals surface area contributed by atoms with Gasteiger partial charge in [-0.05, 0) is 0 Å². The molecule has 4 rings (SSSR count). The number of hydrogen-bond donors (Lipinski definition) is 1. The van der Waals surface area contributed by atoms with E-state index in [1.54, 1.807) is 0 Å². The molecule has 2 aromatic carbocycles. The summed E-state index contributed by atoms with van der Waals surface area (Å²) in [6.07, 6.45) is 1.82. The van der Waals surface area contributed by atoms with Gasteiger partial charge in [0.05, 0.1) is 0 Å². The van der Waals surface area contributed by atoms with Crippen LogP contribution in [0.25, 0.3) is 3.52 Å². The molecule has 0 atom stereocenters. The number of rotatable bonds is 1. The Morgan fingerprint density at radius 3 is 2.30 bits per heavy atom. The van der Waals surface area contributed by atoms with Crippen molar-refractivity contribution in [3.63, 3.8) is 0 Å². The molecule has 140 valence electrons. The number of benzene rings is 2. The summed E-state index contributed by atoms with van der Waals surface area (Å²) < 4.78 is 11.9. The Morgan fingerprint density at radius 2 is 1.67 bits per heavy atom. The first-order valence-corrected chi connectivity index (χ1v) is 11.6. The van der Waals surface area contributed by atoms with Gasteiger partial charge in [0.1, 0.15) is 0 Å². The molecule has 2 aromatic rings. The van der Waals surface area contributed by atoms with Gasteiger partial charge < -0.3 is 0 Å². The maximum absolute atomic E-state index is 6.46. The zero-order chi connectivity index (χ0) is 19.4. The molecule has 0 fully saturated rings. The van der Waals surface area contributed by atoms with Crippen molar-refractivity contribution in [1.82, 2.24) is 0 Å². The van der Waals surface area contributed by atoms with Gasteiger partial charge in [0.2, 0.25) is 0 Å². The topological polar surface area (TPSA) is 42.9 Å². The summed E-state index contributed by atoms with van der Waals surface area (Å²) in [5.41, 5.74) is 5.72. The fourth-order valence-electron chi connectivity index (χ4n) is 3.48. The van der Waals surface area contributed by atoms with E-state index >= 15 is 0 Å². The monoisotopic (exact) mass is 470 g/mol. The van der Waals surface area contributed by atoms with Gasteiger partial charge in [0, 0.05) is 0 Å². The molecule has 0 amide bonds. The molecule has 0 unspecified atom stereocenters. The zero-order valence-electron chi connectivity index (χ0n) is 16.7. The molecule has 5 heteroatoms. The third-order valence-corrected chi connectivity index (χ3v) is 6.93. The normalized spacial score (nSPS) is 15.3. The predicted octanol–water partition coefficient (Wildman–Crippen LogP) is 6.26. The first-order valence-electron chi connectivity index (χ1n) is 9.19. The maximum atomic E-state index is 6.46. The van der Waals surface area contributed by atoms with E-state index in [9.17, 15) is 0 Å². The SMILES string of the molecule is CC(C)(C)c1cc(C(C)(C)C)c([C]2=CO[N]=[Sb]2)c2c1Oc1ccccc1N2. The van der Waals surface area contributed by atoms with Crippen LogP contribution < -0.4 is 10.1 Å². The van der Waals surface area contributed by atoms with E-state index in [1.165, 1.54) is 20.2 Å². The summed E-state index contributed by atoms with van der Waals surface area (Å²) in [5, 5.41) is 3.67. The summed E-state index contributed by atoms with van der Waals surface area (Å²) in [4.78, 5) is 5.30. The molecule has 2 heterocycles. The molecule has 0 saturated carbocycles. The average Bonchev–Trinajstić information content (AvgIpc) is 3.10. The zero-order valence-corrected chi connectivity index (χ0v) is 19.2. The van der Waals surface area contributed by atoms with Crippen molar-refractivity contribution in [2.45, 2.75) is 52.4 Å². The Morgan fingerprint density at radius 1 is 0.963 bits per heavy atom. The second-order valence-corrected chi connectivity index (χ2v) is 11.5. The summed E-state index contributed by atoms with van der Waals surface area (Å²) in [6.45, 7) is 13.5. The molecule has 4 nitrogen and oxygen atoms in total. The molecule has 1 N–H and O–H groups in total. The number of para-hydroxylation sites is 2. The number of nitrogens with zero attached hydrogens (tertiary/aromatic N) is 1. The van der Waals surface area contributed by atoms with Crippen LogP contribution in [-0.2, 0) is 15.7 Å². The minimum absolute atomic E-state index is 0.0113. The quantitative estimate of drug-likeness (QED) is 0.426. The van der Waals surface area contributed by atoms with Crippen LogP contribution in [0.4, 0.5) is 11.4 Å². The predicted molar refractivity (Wildman–Crippen MR) is 111 cm³/mol. The molecule has 2 aliphatic rings. The first-order chi connectivity index (χ1) is 12.7. The third kappa shape index (κ3) is 3.29. The van der Waals surface area contributed by atoms with E-state index in [2.05, 4.69) is 62.2 Å². The average molecular weight is 471 g/mol. The summed E-state index contributed by atoms with van der Waals surface area (Å²) in [6, 6.07) is 10.4. The molecule has 27 heavy (non-hydrogen) atoms. The van der Waals surface area contributed by atoms with Crippen LogP contribution in [0, 0.1) is 0 Å². The molecule has 0 spiro atoms. The fraction of sp³-hybridized carbons (Fsp3) is 0.364. The Kier molecular flexibility index (Phi) is 4.38. The van der Waals surface area contributed by atoms with Gasteiger partial charge in [-0.25, -0.2) is 0 Å². The molecule has 0 aromatic heterocycles. The van der Waals surface area contributed by atoms with Crippen molar-refractivity contribution in [1.29, 1.82) is 0 Å². The summed E-state index contributed by atoms with van der Waals surface area (Å²) in [7, 11) is 0. The minimum atomic E-state index is -0.913. The fourth-order valence-corrected chi connectivity index (χ4v) is 5.22. The van der Waals surface area contributed by atoms with E-state index in [-0.39, 0.29) is 10.8 Å². The van der Waals surface area contributed by atoms with Crippen molar-refractivity contribution in [2.75, 3.05) is 5.32 Å². The van der Waals surface area contributed by atoms with Gasteiger partial charge in [0.25, 0.3) is 0 Å². The van der Waals surface area contributed by atoms with Crippen LogP contribution >= 0.6 is 0 Å². The van der Waals surface area contributed by atoms with Gasteiger partial charge in [-0.2, -0.15) is 0 Å². The van der Waals surface area contributed by atoms with Gasteiger partial charge >= 0.3 is 172 Å². The Hall–Kier alpha value is -1.80. The van der Waals surface area contributed by atoms with Crippen molar-refractivity contribution in [3.05, 3.63) is 53.3 Å². The van der Waals surface area contributed by atoms with Crippen molar-refractivity contribution in [3.8, 4) is 11.5 Å². The summed E-state index contributed by atoms with van der Waals surface area (Å²) >= 11 is -0.913. The number of anilines is 2. The third-order valence-electron chi connectivity index (χ3n) is 4.87. The molecule has 0 aliphatic carbocycles. The Balaban J connectivity index is 2.06. The van der Waals surface area contributed by atoms with Gasteiger partial charge in [0.15, 0.2) is 0 Å². The van der Waals surface area contributed by atoms with Crippen LogP contribution in [0.3, 0.4) is 0 Å². The molecule has 0 radical (unpaired) electrons. The van der Waals surface area contributed by atoms with E-state index in [0.29, 0.717) is 0 Å². The number of hydrogen-bond acceptors (Lipinski definition) is 4. The van der Waals surface area contributed by atoms with Crippen LogP contribution in [-0.4, -0.2) is 21.4 Å². The molecular formula is C22H25N2O2Sb. The molecule has 0 bridgehead atoms. The van der Waals surface area contributed by atoms with Crippen molar-refractivity contribution < 1.29 is 9.57 Å². The standard InChI is InChI=1S/C22H25N2O2.Sb/c1-21(2,3)15-13-16(22(4,5)6)20-19(14(15)11-12-25-23)24-17-9-7-8-10-18(17)26-20;/h7-10,12-13,24H,1-6H3;. The van der Waals surface area contributed by atoms with Crippen LogP contribution in [0.15, 0.2) is 39.8 Å². The van der Waals surface area contributed by atoms with E-state index in [4.69, 9.17) is 9.57 Å². The first kappa shape index (κ1) is 18.6. The molecule has 2 aliphatic heterocycles. The van der Waals surface area contributed by atoms with Crippen molar-refractivity contribution >= 4 is 36.3 Å². The number of fused-ring (bicyclic) bond motifs is 2. The number of ether oxygens (including phenoxy) is 1.